The molecular formula is C16H22N2O2S. The second-order valence-corrected chi connectivity index (χ2v) is 6.72. The highest BCUT2D eigenvalue weighted by atomic mass is 32.2. The van der Waals surface area contributed by atoms with Crippen molar-refractivity contribution in [1.82, 2.24) is 10.6 Å². The molecule has 4 nitrogen and oxygen atoms in total. The molecule has 1 aromatic rings. The minimum absolute atomic E-state index is 0.133. The maximum atomic E-state index is 11.9. The standard InChI is InChI=1S/C16H22N2O2S/c19-16(18-15-9-5-2-6-10-15)17-11-12-21(20)13-14-7-3-1-4-8-14/h1,3-5,7-9,15H,2,6,10-13H2,(H2,17,18,19)/t15-,21+/m0/s1. The van der Waals surface area contributed by atoms with Crippen LogP contribution < -0.4 is 10.6 Å². The molecule has 0 saturated carbocycles. The fourth-order valence-corrected chi connectivity index (χ4v) is 3.30. The van der Waals surface area contributed by atoms with Crippen LogP contribution in [0.15, 0.2) is 42.5 Å². The Balaban J connectivity index is 1.62. The van der Waals surface area contributed by atoms with Gasteiger partial charge in [0.25, 0.3) is 0 Å². The zero-order chi connectivity index (χ0) is 14.9. The molecule has 0 heterocycles. The first-order valence-corrected chi connectivity index (χ1v) is 8.83. The van der Waals surface area contributed by atoms with Gasteiger partial charge in [-0.2, -0.15) is 0 Å². The van der Waals surface area contributed by atoms with Crippen molar-refractivity contribution in [3.05, 3.63) is 48.0 Å². The molecule has 0 fully saturated rings. The number of allylic oxidation sites excluding steroid dienone is 1. The van der Waals surface area contributed by atoms with Gasteiger partial charge in [-0.05, 0) is 24.8 Å². The Bertz CT molecular complexity index is 502. The summed E-state index contributed by atoms with van der Waals surface area (Å²) in [5, 5.41) is 5.68. The van der Waals surface area contributed by atoms with Gasteiger partial charge in [-0.1, -0.05) is 42.5 Å². The van der Waals surface area contributed by atoms with Gasteiger partial charge in [0, 0.05) is 34.9 Å². The summed E-state index contributed by atoms with van der Waals surface area (Å²) >= 11 is 0. The highest BCUT2D eigenvalue weighted by Gasteiger charge is 2.11. The molecule has 2 atom stereocenters. The molecule has 1 aliphatic carbocycles. The van der Waals surface area contributed by atoms with Crippen molar-refractivity contribution in [2.75, 3.05) is 12.3 Å². The van der Waals surface area contributed by atoms with Crippen molar-refractivity contribution in [1.29, 1.82) is 0 Å². The molecule has 0 unspecified atom stereocenters. The smallest absolute Gasteiger partial charge is 0.315 e. The Morgan fingerprint density at radius 2 is 2.10 bits per heavy atom. The number of carbonyl (C=O) groups excluding carboxylic acids is 1. The third-order valence-corrected chi connectivity index (χ3v) is 4.67. The first kappa shape index (κ1) is 15.8. The van der Waals surface area contributed by atoms with Gasteiger partial charge in [0.1, 0.15) is 0 Å². The van der Waals surface area contributed by atoms with E-state index in [9.17, 15) is 9.00 Å². The van der Waals surface area contributed by atoms with Crippen molar-refractivity contribution < 1.29 is 9.00 Å². The number of hydrogen-bond donors (Lipinski definition) is 2. The lowest BCUT2D eigenvalue weighted by Crippen LogP contribution is -2.42. The molecular weight excluding hydrogens is 284 g/mol. The summed E-state index contributed by atoms with van der Waals surface area (Å²) < 4.78 is 11.9. The van der Waals surface area contributed by atoms with Crippen LogP contribution >= 0.6 is 0 Å². The van der Waals surface area contributed by atoms with Crippen LogP contribution in [0, 0.1) is 0 Å². The van der Waals surface area contributed by atoms with E-state index in [1.807, 2.05) is 36.4 Å². The molecule has 0 bridgehead atoms. The van der Waals surface area contributed by atoms with Crippen LogP contribution in [0.3, 0.4) is 0 Å². The van der Waals surface area contributed by atoms with Crippen LogP contribution in [-0.4, -0.2) is 28.6 Å². The van der Waals surface area contributed by atoms with Gasteiger partial charge in [-0.3, -0.25) is 4.21 Å². The highest BCUT2D eigenvalue weighted by molar-refractivity contribution is 7.84. The third-order valence-electron chi connectivity index (χ3n) is 3.36. The molecule has 1 aliphatic rings. The number of nitrogens with one attached hydrogen (secondary N) is 2. The first-order valence-electron chi connectivity index (χ1n) is 7.34. The molecule has 0 saturated heterocycles. The van der Waals surface area contributed by atoms with Gasteiger partial charge in [0.2, 0.25) is 0 Å². The van der Waals surface area contributed by atoms with E-state index >= 15 is 0 Å². The molecule has 2 rings (SSSR count). The number of urea groups is 1. The largest absolute Gasteiger partial charge is 0.337 e. The molecule has 0 radical (unpaired) electrons. The Kier molecular flexibility index (Phi) is 6.47. The molecule has 2 N–H and O–H groups in total. The van der Waals surface area contributed by atoms with E-state index in [2.05, 4.69) is 16.7 Å². The molecule has 1 aromatic carbocycles. The van der Waals surface area contributed by atoms with Crippen LogP contribution in [-0.2, 0) is 16.6 Å². The van der Waals surface area contributed by atoms with Gasteiger partial charge >= 0.3 is 6.03 Å². The van der Waals surface area contributed by atoms with Crippen LogP contribution in [0.25, 0.3) is 0 Å². The van der Waals surface area contributed by atoms with Crippen LogP contribution in [0.2, 0.25) is 0 Å². The summed E-state index contributed by atoms with van der Waals surface area (Å²) in [6.07, 6.45) is 7.34. The minimum Gasteiger partial charge on any atom is -0.337 e. The lowest BCUT2D eigenvalue weighted by Gasteiger charge is -2.18. The molecule has 2 amide bonds. The molecule has 0 aromatic heterocycles. The van der Waals surface area contributed by atoms with Crippen molar-refractivity contribution in [3.8, 4) is 0 Å². The quantitative estimate of drug-likeness (QED) is 0.793. The van der Waals surface area contributed by atoms with E-state index in [4.69, 9.17) is 0 Å². The maximum Gasteiger partial charge on any atom is 0.315 e. The number of carbonyl (C=O) groups is 1. The summed E-state index contributed by atoms with van der Waals surface area (Å²) in [4.78, 5) is 11.7. The van der Waals surface area contributed by atoms with Crippen molar-refractivity contribution in [2.45, 2.75) is 31.1 Å². The molecule has 0 aliphatic heterocycles. The predicted octanol–water partition coefficient (Wildman–Crippen LogP) is 2.34. The van der Waals surface area contributed by atoms with E-state index < -0.39 is 10.8 Å². The van der Waals surface area contributed by atoms with Crippen LogP contribution in [0.4, 0.5) is 4.79 Å². The van der Waals surface area contributed by atoms with Gasteiger partial charge in [0.05, 0.1) is 0 Å². The zero-order valence-corrected chi connectivity index (χ0v) is 12.9. The molecule has 114 valence electrons. The Labute approximate surface area is 128 Å². The summed E-state index contributed by atoms with van der Waals surface area (Å²) in [5.74, 6) is 1.01. The van der Waals surface area contributed by atoms with Gasteiger partial charge < -0.3 is 10.6 Å². The van der Waals surface area contributed by atoms with E-state index in [1.165, 1.54) is 0 Å². The normalized spacial score (nSPS) is 19.0. The highest BCUT2D eigenvalue weighted by Crippen LogP contribution is 2.09. The van der Waals surface area contributed by atoms with E-state index in [0.717, 1.165) is 24.8 Å². The Morgan fingerprint density at radius 1 is 1.29 bits per heavy atom. The first-order chi connectivity index (χ1) is 10.2. The lowest BCUT2D eigenvalue weighted by molar-refractivity contribution is 0.238. The maximum absolute atomic E-state index is 11.9. The number of hydrogen-bond acceptors (Lipinski definition) is 2. The average molecular weight is 306 g/mol. The van der Waals surface area contributed by atoms with Gasteiger partial charge in [0.15, 0.2) is 0 Å². The van der Waals surface area contributed by atoms with Crippen LogP contribution in [0.1, 0.15) is 24.8 Å². The van der Waals surface area contributed by atoms with E-state index in [-0.39, 0.29) is 12.1 Å². The second kappa shape index (κ2) is 8.62. The fourth-order valence-electron chi connectivity index (χ4n) is 2.26. The summed E-state index contributed by atoms with van der Waals surface area (Å²) in [7, 11) is -0.951. The summed E-state index contributed by atoms with van der Waals surface area (Å²) in [5.41, 5.74) is 1.06. The van der Waals surface area contributed by atoms with Crippen molar-refractivity contribution in [2.24, 2.45) is 0 Å². The minimum atomic E-state index is -0.951. The lowest BCUT2D eigenvalue weighted by atomic mass is 10.0. The topological polar surface area (TPSA) is 58.2 Å². The predicted molar refractivity (Wildman–Crippen MR) is 86.5 cm³/mol. The summed E-state index contributed by atoms with van der Waals surface area (Å²) in [6.45, 7) is 0.432. The zero-order valence-electron chi connectivity index (χ0n) is 12.1. The van der Waals surface area contributed by atoms with Crippen molar-refractivity contribution in [3.63, 3.8) is 0 Å². The van der Waals surface area contributed by atoms with E-state index in [0.29, 0.717) is 18.1 Å². The average Bonchev–Trinajstić information content (AvgIpc) is 2.49. The molecule has 0 spiro atoms. The number of rotatable bonds is 6. The Morgan fingerprint density at radius 3 is 2.81 bits per heavy atom. The Hall–Kier alpha value is -1.62. The fraction of sp³-hybridized carbons (Fsp3) is 0.438. The van der Waals surface area contributed by atoms with Gasteiger partial charge in [-0.15, -0.1) is 0 Å². The van der Waals surface area contributed by atoms with E-state index in [1.54, 1.807) is 0 Å². The molecule has 5 heteroatoms. The molecule has 21 heavy (non-hydrogen) atoms. The monoisotopic (exact) mass is 306 g/mol. The number of benzene rings is 1. The third kappa shape index (κ3) is 6.12. The van der Waals surface area contributed by atoms with Crippen molar-refractivity contribution >= 4 is 16.8 Å². The summed E-state index contributed by atoms with van der Waals surface area (Å²) in [6, 6.07) is 9.71. The SMILES string of the molecule is O=C(NCC[S@@](=O)Cc1ccccc1)N[C@H]1C=CCCC1. The van der Waals surface area contributed by atoms with Gasteiger partial charge in [-0.25, -0.2) is 4.79 Å². The number of amides is 2. The second-order valence-electron chi connectivity index (χ2n) is 5.14. The van der Waals surface area contributed by atoms with Crippen LogP contribution in [0.5, 0.6) is 0 Å².